The third-order valence-corrected chi connectivity index (χ3v) is 5.50. The molecule has 3 heterocycles. The molecule has 0 radical (unpaired) electrons. The van der Waals surface area contributed by atoms with Gasteiger partial charge in [-0.1, -0.05) is 0 Å². The first-order valence-electron chi connectivity index (χ1n) is 8.66. The fraction of sp³-hybridized carbons (Fsp3) is 0.588. The van der Waals surface area contributed by atoms with E-state index in [0.29, 0.717) is 23.4 Å². The number of hydrogen-bond acceptors (Lipinski definition) is 5. The number of alkyl halides is 3. The molecule has 1 aliphatic carbocycles. The van der Waals surface area contributed by atoms with E-state index < -0.39 is 12.3 Å². The molecule has 6 nitrogen and oxygen atoms in total. The van der Waals surface area contributed by atoms with Gasteiger partial charge in [-0.3, -0.25) is 4.79 Å². The Morgan fingerprint density at radius 3 is 2.62 bits per heavy atom. The molecule has 4 aliphatic rings. The Balaban J connectivity index is 1.43. The van der Waals surface area contributed by atoms with E-state index in [-0.39, 0.29) is 23.9 Å². The maximum Gasteiger partial charge on any atom is 0.573 e. The van der Waals surface area contributed by atoms with Crippen LogP contribution < -0.4 is 5.32 Å². The first-order valence-corrected chi connectivity index (χ1v) is 8.66. The topological polar surface area (TPSA) is 66.3 Å². The Morgan fingerprint density at radius 2 is 1.96 bits per heavy atom. The number of carbonyl (C=O) groups excluding carboxylic acids is 1. The van der Waals surface area contributed by atoms with E-state index in [1.807, 2.05) is 0 Å². The van der Waals surface area contributed by atoms with Gasteiger partial charge in [0.2, 0.25) is 0 Å². The summed E-state index contributed by atoms with van der Waals surface area (Å²) in [6.45, 7) is 0. The van der Waals surface area contributed by atoms with E-state index in [9.17, 15) is 18.0 Å². The molecular weight excluding hydrogens is 349 g/mol. The van der Waals surface area contributed by atoms with Crippen LogP contribution in [0.2, 0.25) is 0 Å². The van der Waals surface area contributed by atoms with Crippen LogP contribution in [0.1, 0.15) is 32.1 Å². The highest BCUT2D eigenvalue weighted by Gasteiger charge is 2.40. The summed E-state index contributed by atoms with van der Waals surface area (Å²) < 4.78 is 41.2. The number of hydrogen-bond donors (Lipinski definition) is 1. The van der Waals surface area contributed by atoms with Crippen molar-refractivity contribution in [1.29, 1.82) is 0 Å². The molecule has 26 heavy (non-hydrogen) atoms. The van der Waals surface area contributed by atoms with Crippen molar-refractivity contribution in [3.63, 3.8) is 0 Å². The van der Waals surface area contributed by atoms with E-state index in [1.54, 1.807) is 0 Å². The van der Waals surface area contributed by atoms with Crippen molar-refractivity contribution in [2.75, 3.05) is 7.05 Å². The van der Waals surface area contributed by atoms with Gasteiger partial charge in [-0.2, -0.15) is 5.10 Å². The Bertz CT molecular complexity index is 740. The highest BCUT2D eigenvalue weighted by atomic mass is 19.4. The lowest BCUT2D eigenvalue weighted by Crippen LogP contribution is -2.50. The first-order chi connectivity index (χ1) is 12.3. The Kier molecular flexibility index (Phi) is 4.13. The fourth-order valence-corrected chi connectivity index (χ4v) is 4.21. The van der Waals surface area contributed by atoms with Gasteiger partial charge in [-0.25, -0.2) is 0 Å². The van der Waals surface area contributed by atoms with Crippen molar-refractivity contribution < 1.29 is 22.7 Å². The van der Waals surface area contributed by atoms with Crippen LogP contribution in [0.4, 0.5) is 13.2 Å². The average Bonchev–Trinajstić information content (AvgIpc) is 3.03. The van der Waals surface area contributed by atoms with Gasteiger partial charge < -0.3 is 15.0 Å². The lowest BCUT2D eigenvalue weighted by Gasteiger charge is -2.36. The second kappa shape index (κ2) is 6.22. The summed E-state index contributed by atoms with van der Waals surface area (Å²) in [6.07, 6.45) is 1.85. The Hall–Kier alpha value is -2.16. The van der Waals surface area contributed by atoms with Crippen LogP contribution in [-0.4, -0.2) is 53.8 Å². The van der Waals surface area contributed by atoms with Crippen molar-refractivity contribution in [3.05, 3.63) is 23.5 Å². The smallest absolute Gasteiger partial charge is 0.406 e. The van der Waals surface area contributed by atoms with Gasteiger partial charge in [-0.05, 0) is 44.9 Å². The van der Waals surface area contributed by atoms with Gasteiger partial charge in [0.05, 0.1) is 5.71 Å². The van der Waals surface area contributed by atoms with Gasteiger partial charge in [-0.15, -0.1) is 18.3 Å². The molecule has 2 fully saturated rings. The number of nitrogens with zero attached hydrogens (tertiary/aromatic N) is 3. The summed E-state index contributed by atoms with van der Waals surface area (Å²) in [7, 11) is 2.11. The van der Waals surface area contributed by atoms with Crippen LogP contribution in [0.3, 0.4) is 0 Å². The van der Waals surface area contributed by atoms with Crippen LogP contribution in [0.5, 0.6) is 0 Å². The van der Waals surface area contributed by atoms with Crippen LogP contribution in [0.25, 0.3) is 0 Å². The van der Waals surface area contributed by atoms with E-state index in [2.05, 4.69) is 32.2 Å². The second-order valence-electron chi connectivity index (χ2n) is 7.10. The maximum absolute atomic E-state index is 12.6. The lowest BCUT2D eigenvalue weighted by atomic mass is 9.95. The van der Waals surface area contributed by atoms with E-state index in [4.69, 9.17) is 0 Å². The minimum Gasteiger partial charge on any atom is -0.406 e. The monoisotopic (exact) mass is 368 g/mol. The number of nitrogens with one attached hydrogen (secondary N) is 1. The summed E-state index contributed by atoms with van der Waals surface area (Å²) >= 11 is 0. The summed E-state index contributed by atoms with van der Waals surface area (Å²) in [5.41, 5.74) is 0.843. The van der Waals surface area contributed by atoms with Crippen LogP contribution in [0, 0.1) is 0 Å². The largest absolute Gasteiger partial charge is 0.573 e. The zero-order valence-electron chi connectivity index (χ0n) is 14.2. The minimum atomic E-state index is -4.77. The number of halogens is 3. The fourth-order valence-electron chi connectivity index (χ4n) is 4.21. The van der Waals surface area contributed by atoms with Crippen molar-refractivity contribution >= 4 is 17.3 Å². The molecule has 3 aliphatic heterocycles. The first kappa shape index (κ1) is 17.3. The van der Waals surface area contributed by atoms with Gasteiger partial charge in [0, 0.05) is 30.1 Å². The summed E-state index contributed by atoms with van der Waals surface area (Å²) in [5.74, 6) is -0.733. The standard InChI is InChI=1S/C17H19F3N4O2/c1-24-10-2-3-11(24)7-9(6-10)21-16(25)15-13-8-12(26-17(18,19)20)4-5-14(13)22-23-15/h4,8-11H,2-3,5-7H2,1H3,(H,21,25). The van der Waals surface area contributed by atoms with Crippen molar-refractivity contribution in [2.24, 2.45) is 10.2 Å². The Morgan fingerprint density at radius 1 is 1.27 bits per heavy atom. The predicted molar refractivity (Wildman–Crippen MR) is 88.5 cm³/mol. The molecule has 140 valence electrons. The second-order valence-corrected chi connectivity index (χ2v) is 7.10. The molecule has 0 aromatic carbocycles. The predicted octanol–water partition coefficient (Wildman–Crippen LogP) is 2.29. The zero-order valence-corrected chi connectivity index (χ0v) is 14.2. The normalized spacial score (nSPS) is 30.8. The number of allylic oxidation sites excluding steroid dienone is 2. The zero-order chi connectivity index (χ0) is 18.5. The number of ether oxygens (including phenoxy) is 1. The quantitative estimate of drug-likeness (QED) is 0.831. The lowest BCUT2D eigenvalue weighted by molar-refractivity contribution is -0.303. The molecule has 0 spiro atoms. The maximum atomic E-state index is 12.6. The van der Waals surface area contributed by atoms with Crippen molar-refractivity contribution in [1.82, 2.24) is 10.2 Å². The van der Waals surface area contributed by atoms with Crippen molar-refractivity contribution in [3.8, 4) is 0 Å². The summed E-state index contributed by atoms with van der Waals surface area (Å²) in [5, 5.41) is 10.8. The van der Waals surface area contributed by atoms with Gasteiger partial charge in [0.1, 0.15) is 5.76 Å². The molecule has 2 bridgehead atoms. The Labute approximate surface area is 148 Å². The number of piperidine rings is 1. The van der Waals surface area contributed by atoms with E-state index in [0.717, 1.165) is 25.7 Å². The molecule has 0 saturated carbocycles. The number of amides is 1. The van der Waals surface area contributed by atoms with Gasteiger partial charge in [0.15, 0.2) is 5.71 Å². The SMILES string of the molecule is CN1C2CCC1CC(NC(=O)C1=NN=C3CC=C(OC(F)(F)F)C=C31)C2. The van der Waals surface area contributed by atoms with E-state index in [1.165, 1.54) is 12.2 Å². The molecular formula is C17H19F3N4O2. The van der Waals surface area contributed by atoms with Crippen LogP contribution in [0.15, 0.2) is 33.7 Å². The third kappa shape index (κ3) is 3.27. The molecule has 9 heteroatoms. The minimum absolute atomic E-state index is 0.0496. The molecule has 1 amide bonds. The van der Waals surface area contributed by atoms with Crippen molar-refractivity contribution in [2.45, 2.75) is 56.6 Å². The highest BCUT2D eigenvalue weighted by molar-refractivity contribution is 6.53. The molecule has 2 atom stereocenters. The third-order valence-electron chi connectivity index (χ3n) is 5.50. The summed E-state index contributed by atoms with van der Waals surface area (Å²) in [4.78, 5) is 15.0. The van der Waals surface area contributed by atoms with Gasteiger partial charge in [0.25, 0.3) is 5.91 Å². The molecule has 0 aromatic heterocycles. The number of carbonyl (C=O) groups is 1. The van der Waals surface area contributed by atoms with Gasteiger partial charge >= 0.3 is 6.36 Å². The van der Waals surface area contributed by atoms with Crippen LogP contribution >= 0.6 is 0 Å². The number of fused-ring (bicyclic) bond motifs is 3. The molecule has 4 rings (SSSR count). The van der Waals surface area contributed by atoms with Crippen LogP contribution in [-0.2, 0) is 9.53 Å². The van der Waals surface area contributed by atoms with E-state index >= 15 is 0 Å². The highest BCUT2D eigenvalue weighted by Crippen LogP contribution is 2.34. The molecule has 1 N–H and O–H groups in total. The number of rotatable bonds is 3. The summed E-state index contributed by atoms with van der Waals surface area (Å²) in [6, 6.07) is 0.994. The molecule has 0 aromatic rings. The molecule has 2 unspecified atom stereocenters. The molecule has 2 saturated heterocycles. The average molecular weight is 368 g/mol.